The zero-order chi connectivity index (χ0) is 12.1. The first kappa shape index (κ1) is 11.3. The van der Waals surface area contributed by atoms with Crippen LogP contribution >= 0.6 is 0 Å². The first-order valence-electron chi connectivity index (χ1n) is 5.33. The van der Waals surface area contributed by atoms with E-state index in [1.54, 1.807) is 18.3 Å². The van der Waals surface area contributed by atoms with Crippen molar-refractivity contribution in [2.75, 3.05) is 0 Å². The molecule has 5 nitrogen and oxygen atoms in total. The minimum Gasteiger partial charge on any atom is -0.366 e. The summed E-state index contributed by atoms with van der Waals surface area (Å²) in [5.41, 5.74) is 7.91. The summed E-state index contributed by atoms with van der Waals surface area (Å²) in [6, 6.07) is 7.25. The van der Waals surface area contributed by atoms with Crippen LogP contribution in [-0.4, -0.2) is 16.1 Å². The molecule has 0 radical (unpaired) electrons. The maximum absolute atomic E-state index is 10.9. The maximum atomic E-state index is 10.9. The van der Waals surface area contributed by atoms with Gasteiger partial charge in [0.25, 0.3) is 0 Å². The van der Waals surface area contributed by atoms with Crippen molar-refractivity contribution in [2.24, 2.45) is 5.73 Å². The van der Waals surface area contributed by atoms with E-state index in [1.165, 1.54) is 0 Å². The van der Waals surface area contributed by atoms with Crippen molar-refractivity contribution in [3.63, 3.8) is 0 Å². The van der Waals surface area contributed by atoms with Crippen molar-refractivity contribution >= 4 is 5.91 Å². The van der Waals surface area contributed by atoms with Gasteiger partial charge < -0.3 is 11.1 Å². The Hall–Kier alpha value is -2.14. The molecule has 88 valence electrons. The van der Waals surface area contributed by atoms with Gasteiger partial charge in [0, 0.05) is 30.4 Å². The van der Waals surface area contributed by atoms with Crippen LogP contribution in [0.1, 0.15) is 21.5 Å². The van der Waals surface area contributed by atoms with E-state index in [1.807, 2.05) is 18.3 Å². The van der Waals surface area contributed by atoms with E-state index in [9.17, 15) is 4.79 Å². The van der Waals surface area contributed by atoms with E-state index < -0.39 is 5.91 Å². The first-order chi connectivity index (χ1) is 8.25. The third-order valence-corrected chi connectivity index (χ3v) is 2.45. The van der Waals surface area contributed by atoms with Crippen LogP contribution in [0, 0.1) is 0 Å². The number of aromatic nitrogens is 2. The number of nitrogens with zero attached hydrogens (tertiary/aromatic N) is 1. The summed E-state index contributed by atoms with van der Waals surface area (Å²) in [5.74, 6) is -0.400. The Labute approximate surface area is 99.0 Å². The average Bonchev–Trinajstić information content (AvgIpc) is 2.83. The Bertz CT molecular complexity index is 476. The zero-order valence-electron chi connectivity index (χ0n) is 9.31. The summed E-state index contributed by atoms with van der Waals surface area (Å²) in [7, 11) is 0. The Morgan fingerprint density at radius 3 is 2.53 bits per heavy atom. The SMILES string of the molecule is NC(=O)c1ccc(CNCc2cn[nH]c2)cc1. The minimum atomic E-state index is -0.400. The monoisotopic (exact) mass is 230 g/mol. The number of hydrogen-bond acceptors (Lipinski definition) is 3. The highest BCUT2D eigenvalue weighted by molar-refractivity contribution is 5.92. The number of primary amides is 1. The number of benzene rings is 1. The quantitative estimate of drug-likeness (QED) is 0.710. The normalized spacial score (nSPS) is 10.4. The molecule has 2 rings (SSSR count). The van der Waals surface area contributed by atoms with Gasteiger partial charge in [0.1, 0.15) is 0 Å². The van der Waals surface area contributed by atoms with E-state index >= 15 is 0 Å². The fourth-order valence-electron chi connectivity index (χ4n) is 1.51. The number of H-pyrrole nitrogens is 1. The predicted octanol–water partition coefficient (Wildman–Crippen LogP) is 0.798. The number of rotatable bonds is 5. The number of carbonyl (C=O) groups is 1. The minimum absolute atomic E-state index is 0.400. The van der Waals surface area contributed by atoms with E-state index in [2.05, 4.69) is 15.5 Å². The molecule has 0 unspecified atom stereocenters. The molecule has 17 heavy (non-hydrogen) atoms. The standard InChI is InChI=1S/C12H14N4O/c13-12(17)11-3-1-9(2-4-11)5-14-6-10-7-15-16-8-10/h1-4,7-8,14H,5-6H2,(H2,13,17)(H,15,16). The smallest absolute Gasteiger partial charge is 0.248 e. The largest absolute Gasteiger partial charge is 0.366 e. The molecule has 0 fully saturated rings. The summed E-state index contributed by atoms with van der Waals surface area (Å²) in [6.07, 6.45) is 3.63. The van der Waals surface area contributed by atoms with E-state index in [-0.39, 0.29) is 0 Å². The zero-order valence-corrected chi connectivity index (χ0v) is 9.31. The topological polar surface area (TPSA) is 83.8 Å². The second-order valence-electron chi connectivity index (χ2n) is 3.77. The molecule has 1 aromatic carbocycles. The van der Waals surface area contributed by atoms with Crippen LogP contribution in [0.25, 0.3) is 0 Å². The molecule has 1 amide bonds. The number of amides is 1. The van der Waals surface area contributed by atoms with E-state index in [0.717, 1.165) is 24.2 Å². The lowest BCUT2D eigenvalue weighted by Gasteiger charge is -2.03. The van der Waals surface area contributed by atoms with Gasteiger partial charge in [-0.3, -0.25) is 9.89 Å². The molecule has 2 aromatic rings. The molecule has 4 N–H and O–H groups in total. The Balaban J connectivity index is 1.85. The summed E-state index contributed by atoms with van der Waals surface area (Å²) < 4.78 is 0. The average molecular weight is 230 g/mol. The number of hydrogen-bond donors (Lipinski definition) is 3. The van der Waals surface area contributed by atoms with Crippen LogP contribution in [0.2, 0.25) is 0 Å². The Morgan fingerprint density at radius 1 is 1.24 bits per heavy atom. The number of carbonyl (C=O) groups excluding carboxylic acids is 1. The molecule has 0 saturated heterocycles. The van der Waals surface area contributed by atoms with Gasteiger partial charge >= 0.3 is 0 Å². The van der Waals surface area contributed by atoms with Gasteiger partial charge in [-0.1, -0.05) is 12.1 Å². The molecular formula is C12H14N4O. The van der Waals surface area contributed by atoms with Gasteiger partial charge in [-0.2, -0.15) is 5.10 Å². The van der Waals surface area contributed by atoms with Gasteiger partial charge in [-0.15, -0.1) is 0 Å². The molecule has 5 heteroatoms. The fourth-order valence-corrected chi connectivity index (χ4v) is 1.51. The lowest BCUT2D eigenvalue weighted by atomic mass is 10.1. The van der Waals surface area contributed by atoms with E-state index in [4.69, 9.17) is 5.73 Å². The summed E-state index contributed by atoms with van der Waals surface area (Å²) in [5, 5.41) is 9.90. The number of aromatic amines is 1. The van der Waals surface area contributed by atoms with Gasteiger partial charge in [0.2, 0.25) is 5.91 Å². The Kier molecular flexibility index (Phi) is 3.52. The first-order valence-corrected chi connectivity index (χ1v) is 5.33. The molecule has 0 atom stereocenters. The Morgan fingerprint density at radius 2 is 1.94 bits per heavy atom. The van der Waals surface area contributed by atoms with Crippen LogP contribution in [0.3, 0.4) is 0 Å². The number of nitrogens with one attached hydrogen (secondary N) is 2. The van der Waals surface area contributed by atoms with Crippen LogP contribution in [0.15, 0.2) is 36.7 Å². The molecular weight excluding hydrogens is 216 g/mol. The van der Waals surface area contributed by atoms with Crippen LogP contribution < -0.4 is 11.1 Å². The van der Waals surface area contributed by atoms with Gasteiger partial charge in [0.15, 0.2) is 0 Å². The lowest BCUT2D eigenvalue weighted by molar-refractivity contribution is 0.100. The van der Waals surface area contributed by atoms with Gasteiger partial charge in [0.05, 0.1) is 6.20 Å². The molecule has 0 aliphatic carbocycles. The molecule has 1 aromatic heterocycles. The predicted molar refractivity (Wildman–Crippen MR) is 64.1 cm³/mol. The summed E-state index contributed by atoms with van der Waals surface area (Å²) in [4.78, 5) is 10.9. The fraction of sp³-hybridized carbons (Fsp3) is 0.167. The molecule has 0 aliphatic heterocycles. The van der Waals surface area contributed by atoms with Crippen molar-refractivity contribution in [3.05, 3.63) is 53.3 Å². The summed E-state index contributed by atoms with van der Waals surface area (Å²) in [6.45, 7) is 1.50. The third-order valence-electron chi connectivity index (χ3n) is 2.45. The van der Waals surface area contributed by atoms with Crippen LogP contribution in [0.5, 0.6) is 0 Å². The molecule has 0 spiro atoms. The summed E-state index contributed by atoms with van der Waals surface area (Å²) >= 11 is 0. The number of nitrogens with two attached hydrogens (primary N) is 1. The van der Waals surface area contributed by atoms with Crippen LogP contribution in [0.4, 0.5) is 0 Å². The highest BCUT2D eigenvalue weighted by atomic mass is 16.1. The second kappa shape index (κ2) is 5.27. The molecule has 0 aliphatic rings. The van der Waals surface area contributed by atoms with Crippen molar-refractivity contribution in [2.45, 2.75) is 13.1 Å². The van der Waals surface area contributed by atoms with Crippen molar-refractivity contribution < 1.29 is 4.79 Å². The third kappa shape index (κ3) is 3.15. The second-order valence-corrected chi connectivity index (χ2v) is 3.77. The van der Waals surface area contributed by atoms with Crippen molar-refractivity contribution in [1.82, 2.24) is 15.5 Å². The van der Waals surface area contributed by atoms with Gasteiger partial charge in [-0.05, 0) is 17.7 Å². The molecule has 0 bridgehead atoms. The van der Waals surface area contributed by atoms with Crippen molar-refractivity contribution in [1.29, 1.82) is 0 Å². The van der Waals surface area contributed by atoms with Gasteiger partial charge in [-0.25, -0.2) is 0 Å². The van der Waals surface area contributed by atoms with Crippen LogP contribution in [-0.2, 0) is 13.1 Å². The lowest BCUT2D eigenvalue weighted by Crippen LogP contribution is -2.13. The highest BCUT2D eigenvalue weighted by Gasteiger charge is 1.99. The van der Waals surface area contributed by atoms with E-state index in [0.29, 0.717) is 5.56 Å². The molecule has 0 saturated carbocycles. The highest BCUT2D eigenvalue weighted by Crippen LogP contribution is 2.04. The molecule has 1 heterocycles. The van der Waals surface area contributed by atoms with Crippen molar-refractivity contribution in [3.8, 4) is 0 Å². The maximum Gasteiger partial charge on any atom is 0.248 e.